The van der Waals surface area contributed by atoms with Crippen LogP contribution in [0, 0.1) is 0 Å². The molecule has 1 fully saturated rings. The molecule has 5 heteroatoms. The van der Waals surface area contributed by atoms with E-state index in [4.69, 9.17) is 4.74 Å². The summed E-state index contributed by atoms with van der Waals surface area (Å²) < 4.78 is 9.94. The van der Waals surface area contributed by atoms with Crippen LogP contribution < -0.4 is 0 Å². The summed E-state index contributed by atoms with van der Waals surface area (Å²) in [6.45, 7) is 3.75. The third-order valence-electron chi connectivity index (χ3n) is 2.82. The maximum atomic E-state index is 12.1. The number of methoxy groups -OCH3 is 1. The molecule has 1 saturated heterocycles. The van der Waals surface area contributed by atoms with Gasteiger partial charge in [0.1, 0.15) is 6.10 Å². The SMILES string of the molecule is CCCN(CCC(=O)OC)C(=O)C1CCCO1. The number of esters is 1. The van der Waals surface area contributed by atoms with E-state index in [0.29, 0.717) is 19.7 Å². The molecule has 1 aliphatic rings. The van der Waals surface area contributed by atoms with Crippen molar-refractivity contribution in [3.8, 4) is 0 Å². The summed E-state index contributed by atoms with van der Waals surface area (Å²) in [6.07, 6.45) is 2.54. The summed E-state index contributed by atoms with van der Waals surface area (Å²) in [7, 11) is 1.36. The van der Waals surface area contributed by atoms with E-state index >= 15 is 0 Å². The van der Waals surface area contributed by atoms with Gasteiger partial charge in [-0.1, -0.05) is 6.92 Å². The monoisotopic (exact) mass is 243 g/mol. The van der Waals surface area contributed by atoms with E-state index < -0.39 is 0 Å². The second-order valence-corrected chi connectivity index (χ2v) is 4.15. The molecular formula is C12H21NO4. The molecule has 5 nitrogen and oxygen atoms in total. The fourth-order valence-corrected chi connectivity index (χ4v) is 1.91. The lowest BCUT2D eigenvalue weighted by atomic mass is 10.2. The fraction of sp³-hybridized carbons (Fsp3) is 0.833. The molecule has 0 N–H and O–H groups in total. The number of nitrogens with zero attached hydrogens (tertiary/aromatic N) is 1. The molecule has 0 aromatic carbocycles. The highest BCUT2D eigenvalue weighted by molar-refractivity contribution is 5.81. The average molecular weight is 243 g/mol. The van der Waals surface area contributed by atoms with Crippen LogP contribution in [0.15, 0.2) is 0 Å². The Kier molecular flexibility index (Phi) is 5.97. The van der Waals surface area contributed by atoms with Crippen molar-refractivity contribution in [1.82, 2.24) is 4.90 Å². The fourth-order valence-electron chi connectivity index (χ4n) is 1.91. The number of rotatable bonds is 6. The minimum atomic E-state index is -0.306. The van der Waals surface area contributed by atoms with Crippen LogP contribution in [-0.4, -0.2) is 49.7 Å². The molecule has 0 bridgehead atoms. The molecule has 1 amide bonds. The third-order valence-corrected chi connectivity index (χ3v) is 2.82. The number of hydrogen-bond donors (Lipinski definition) is 0. The lowest BCUT2D eigenvalue weighted by Crippen LogP contribution is -2.40. The molecule has 1 aliphatic heterocycles. The molecule has 0 saturated carbocycles. The van der Waals surface area contributed by atoms with Crippen LogP contribution in [-0.2, 0) is 19.1 Å². The zero-order valence-electron chi connectivity index (χ0n) is 10.6. The number of carbonyl (C=O) groups is 2. The minimum absolute atomic E-state index is 0.00764. The number of amides is 1. The average Bonchev–Trinajstić information content (AvgIpc) is 2.86. The molecule has 98 valence electrons. The Morgan fingerprint density at radius 1 is 1.41 bits per heavy atom. The first-order valence-corrected chi connectivity index (χ1v) is 6.16. The Morgan fingerprint density at radius 3 is 2.71 bits per heavy atom. The van der Waals surface area contributed by atoms with Crippen molar-refractivity contribution in [2.75, 3.05) is 26.8 Å². The Labute approximate surface area is 102 Å². The highest BCUT2D eigenvalue weighted by Gasteiger charge is 2.27. The molecule has 0 radical (unpaired) electrons. The standard InChI is InChI=1S/C12H21NO4/c1-3-7-13(8-6-11(14)16-2)12(15)10-5-4-9-17-10/h10H,3-9H2,1-2H3. The van der Waals surface area contributed by atoms with Gasteiger partial charge in [0, 0.05) is 19.7 Å². The zero-order chi connectivity index (χ0) is 12.7. The van der Waals surface area contributed by atoms with Gasteiger partial charge in [-0.15, -0.1) is 0 Å². The maximum Gasteiger partial charge on any atom is 0.307 e. The van der Waals surface area contributed by atoms with Gasteiger partial charge in [-0.25, -0.2) is 0 Å². The molecule has 1 rings (SSSR count). The van der Waals surface area contributed by atoms with Crippen LogP contribution in [0.5, 0.6) is 0 Å². The second kappa shape index (κ2) is 7.27. The van der Waals surface area contributed by atoms with Gasteiger partial charge in [-0.3, -0.25) is 9.59 Å². The van der Waals surface area contributed by atoms with Crippen LogP contribution in [0.1, 0.15) is 32.6 Å². The highest BCUT2D eigenvalue weighted by Crippen LogP contribution is 2.15. The van der Waals surface area contributed by atoms with Crippen LogP contribution in [0.3, 0.4) is 0 Å². The van der Waals surface area contributed by atoms with Crippen molar-refractivity contribution < 1.29 is 19.1 Å². The van der Waals surface area contributed by atoms with Gasteiger partial charge in [0.2, 0.25) is 0 Å². The predicted molar refractivity (Wildman–Crippen MR) is 62.5 cm³/mol. The summed E-state index contributed by atoms with van der Waals surface area (Å²) >= 11 is 0. The first kappa shape index (κ1) is 14.0. The zero-order valence-corrected chi connectivity index (χ0v) is 10.6. The van der Waals surface area contributed by atoms with Crippen molar-refractivity contribution in [2.24, 2.45) is 0 Å². The molecule has 0 aliphatic carbocycles. The lowest BCUT2D eigenvalue weighted by Gasteiger charge is -2.24. The summed E-state index contributed by atoms with van der Waals surface area (Å²) in [5.41, 5.74) is 0. The van der Waals surface area contributed by atoms with Gasteiger partial charge >= 0.3 is 5.97 Å². The van der Waals surface area contributed by atoms with Gasteiger partial charge in [0.25, 0.3) is 5.91 Å². The topological polar surface area (TPSA) is 55.8 Å². The van der Waals surface area contributed by atoms with E-state index in [1.54, 1.807) is 4.90 Å². The quantitative estimate of drug-likeness (QED) is 0.652. The molecular weight excluding hydrogens is 222 g/mol. The molecule has 0 aromatic rings. The van der Waals surface area contributed by atoms with Crippen LogP contribution in [0.2, 0.25) is 0 Å². The van der Waals surface area contributed by atoms with Gasteiger partial charge < -0.3 is 14.4 Å². The van der Waals surface area contributed by atoms with Crippen molar-refractivity contribution in [3.05, 3.63) is 0 Å². The van der Waals surface area contributed by atoms with Crippen molar-refractivity contribution in [1.29, 1.82) is 0 Å². The third kappa shape index (κ3) is 4.34. The van der Waals surface area contributed by atoms with Gasteiger partial charge in [-0.05, 0) is 19.3 Å². The largest absolute Gasteiger partial charge is 0.469 e. The summed E-state index contributed by atoms with van der Waals surface area (Å²) in [4.78, 5) is 24.9. The van der Waals surface area contributed by atoms with E-state index in [2.05, 4.69) is 4.74 Å². The first-order valence-electron chi connectivity index (χ1n) is 6.16. The lowest BCUT2D eigenvalue weighted by molar-refractivity contribution is -0.144. The minimum Gasteiger partial charge on any atom is -0.469 e. The van der Waals surface area contributed by atoms with E-state index in [1.165, 1.54) is 7.11 Å². The Bertz CT molecular complexity index is 261. The number of carbonyl (C=O) groups excluding carboxylic acids is 2. The summed E-state index contributed by atoms with van der Waals surface area (Å²) in [5, 5.41) is 0. The number of ether oxygens (including phenoxy) is 2. The van der Waals surface area contributed by atoms with Crippen LogP contribution in [0.25, 0.3) is 0 Å². The molecule has 17 heavy (non-hydrogen) atoms. The number of hydrogen-bond acceptors (Lipinski definition) is 4. The van der Waals surface area contributed by atoms with Crippen molar-refractivity contribution >= 4 is 11.9 Å². The van der Waals surface area contributed by atoms with Gasteiger partial charge in [0.05, 0.1) is 13.5 Å². The predicted octanol–water partition coefficient (Wildman–Crippen LogP) is 0.967. The molecule has 1 unspecified atom stereocenters. The van der Waals surface area contributed by atoms with Crippen LogP contribution in [0.4, 0.5) is 0 Å². The van der Waals surface area contributed by atoms with E-state index in [-0.39, 0.29) is 24.4 Å². The molecule has 0 spiro atoms. The van der Waals surface area contributed by atoms with Gasteiger partial charge in [-0.2, -0.15) is 0 Å². The highest BCUT2D eigenvalue weighted by atomic mass is 16.5. The van der Waals surface area contributed by atoms with Gasteiger partial charge in [0.15, 0.2) is 0 Å². The second-order valence-electron chi connectivity index (χ2n) is 4.15. The Hall–Kier alpha value is -1.10. The smallest absolute Gasteiger partial charge is 0.307 e. The van der Waals surface area contributed by atoms with Crippen molar-refractivity contribution in [2.45, 2.75) is 38.7 Å². The molecule has 1 heterocycles. The van der Waals surface area contributed by atoms with E-state index in [9.17, 15) is 9.59 Å². The summed E-state index contributed by atoms with van der Waals surface area (Å²) in [6, 6.07) is 0. The van der Waals surface area contributed by atoms with Crippen LogP contribution >= 0.6 is 0 Å². The normalized spacial score (nSPS) is 19.1. The van der Waals surface area contributed by atoms with Crippen molar-refractivity contribution in [3.63, 3.8) is 0 Å². The Morgan fingerprint density at radius 2 is 2.18 bits per heavy atom. The van der Waals surface area contributed by atoms with E-state index in [1.807, 2.05) is 6.92 Å². The Balaban J connectivity index is 2.45. The summed E-state index contributed by atoms with van der Waals surface area (Å²) in [5.74, 6) is -0.278. The van der Waals surface area contributed by atoms with E-state index in [0.717, 1.165) is 19.3 Å². The first-order chi connectivity index (χ1) is 8.19. The molecule has 1 atom stereocenters. The maximum absolute atomic E-state index is 12.1. The molecule has 0 aromatic heterocycles.